The highest BCUT2D eigenvalue weighted by atomic mass is 15.0. The van der Waals surface area contributed by atoms with Crippen molar-refractivity contribution in [2.75, 3.05) is 0 Å². The van der Waals surface area contributed by atoms with Gasteiger partial charge in [0.25, 0.3) is 0 Å². The van der Waals surface area contributed by atoms with E-state index in [1.807, 2.05) is 48.8 Å². The van der Waals surface area contributed by atoms with Crippen LogP contribution in [-0.4, -0.2) is 9.97 Å². The average Bonchev–Trinajstić information content (AvgIpc) is 2.74. The summed E-state index contributed by atoms with van der Waals surface area (Å²) in [6.45, 7) is 1.77. The first-order valence-corrected chi connectivity index (χ1v) is 8.69. The lowest BCUT2D eigenvalue weighted by Gasteiger charge is -2.01. The summed E-state index contributed by atoms with van der Waals surface area (Å²) in [5, 5.41) is 0. The maximum Gasteiger partial charge on any atom is 0.206 e. The Morgan fingerprint density at radius 1 is 0.577 bits per heavy atom. The molecule has 0 spiro atoms. The minimum absolute atomic E-state index is 0.886. The van der Waals surface area contributed by atoms with Crippen molar-refractivity contribution in [2.24, 2.45) is 0 Å². The van der Waals surface area contributed by atoms with Gasteiger partial charge in [-0.1, -0.05) is 12.1 Å². The van der Waals surface area contributed by atoms with Gasteiger partial charge in [0.15, 0.2) is 24.8 Å². The fraction of sp³-hybridized carbons (Fsp3) is 0.0909. The van der Waals surface area contributed by atoms with Crippen molar-refractivity contribution in [3.05, 3.63) is 97.8 Å². The normalized spacial score (nSPS) is 10.6. The van der Waals surface area contributed by atoms with Crippen molar-refractivity contribution in [3.63, 3.8) is 0 Å². The molecular weight excluding hydrogens is 320 g/mol. The van der Waals surface area contributed by atoms with Crippen LogP contribution in [0.15, 0.2) is 97.8 Å². The molecular formula is C22H20N4+2. The first-order valence-electron chi connectivity index (χ1n) is 8.69. The third-order valence-electron chi connectivity index (χ3n) is 4.25. The van der Waals surface area contributed by atoms with E-state index in [0.717, 1.165) is 35.6 Å². The van der Waals surface area contributed by atoms with Gasteiger partial charge in [-0.3, -0.25) is 9.97 Å². The van der Waals surface area contributed by atoms with Crippen LogP contribution in [0.3, 0.4) is 0 Å². The van der Waals surface area contributed by atoms with Crippen molar-refractivity contribution in [2.45, 2.75) is 13.1 Å². The van der Waals surface area contributed by atoms with E-state index < -0.39 is 0 Å². The number of pyridine rings is 4. The van der Waals surface area contributed by atoms with Crippen molar-refractivity contribution in [1.29, 1.82) is 0 Å². The molecule has 0 unspecified atom stereocenters. The Labute approximate surface area is 153 Å². The molecule has 0 aromatic carbocycles. The predicted octanol–water partition coefficient (Wildman–Crippen LogP) is 3.09. The van der Waals surface area contributed by atoms with Crippen molar-refractivity contribution in [3.8, 4) is 22.5 Å². The number of hydrogen-bond acceptors (Lipinski definition) is 2. The third kappa shape index (κ3) is 3.81. The Bertz CT molecular complexity index is 902. The maximum atomic E-state index is 4.43. The maximum absolute atomic E-state index is 4.43. The summed E-state index contributed by atoms with van der Waals surface area (Å²) in [4.78, 5) is 8.86. The summed E-state index contributed by atoms with van der Waals surface area (Å²) in [6.07, 6.45) is 12.1. The van der Waals surface area contributed by atoms with Gasteiger partial charge in [-0.25, -0.2) is 0 Å². The lowest BCUT2D eigenvalue weighted by Crippen LogP contribution is -2.44. The number of aryl methyl sites for hydroxylation is 2. The van der Waals surface area contributed by atoms with Crippen LogP contribution in [0.5, 0.6) is 0 Å². The highest BCUT2D eigenvalue weighted by Gasteiger charge is 2.10. The van der Waals surface area contributed by atoms with Gasteiger partial charge in [0.2, 0.25) is 13.1 Å². The van der Waals surface area contributed by atoms with E-state index >= 15 is 0 Å². The Balaban J connectivity index is 1.50. The zero-order valence-corrected chi connectivity index (χ0v) is 14.4. The van der Waals surface area contributed by atoms with Crippen LogP contribution in [-0.2, 0) is 13.1 Å². The van der Waals surface area contributed by atoms with Crippen LogP contribution in [0.25, 0.3) is 22.5 Å². The van der Waals surface area contributed by atoms with Crippen LogP contribution >= 0.6 is 0 Å². The molecule has 4 heterocycles. The van der Waals surface area contributed by atoms with Gasteiger partial charge in [-0.2, -0.15) is 9.13 Å². The van der Waals surface area contributed by atoms with Crippen LogP contribution in [0.4, 0.5) is 0 Å². The van der Waals surface area contributed by atoms with Gasteiger partial charge in [0, 0.05) is 24.5 Å². The summed E-state index contributed by atoms with van der Waals surface area (Å²) >= 11 is 0. The fourth-order valence-electron chi connectivity index (χ4n) is 2.92. The Kier molecular flexibility index (Phi) is 4.74. The highest BCUT2D eigenvalue weighted by molar-refractivity contribution is 5.56. The predicted molar refractivity (Wildman–Crippen MR) is 99.7 cm³/mol. The van der Waals surface area contributed by atoms with Gasteiger partial charge in [0.05, 0.1) is 22.5 Å². The monoisotopic (exact) mass is 340 g/mol. The van der Waals surface area contributed by atoms with Crippen LogP contribution in [0, 0.1) is 0 Å². The first-order chi connectivity index (χ1) is 12.9. The molecule has 0 bridgehead atoms. The van der Waals surface area contributed by atoms with Gasteiger partial charge in [-0.05, 0) is 36.4 Å². The number of nitrogens with zero attached hydrogens (tertiary/aromatic N) is 4. The van der Waals surface area contributed by atoms with E-state index in [1.165, 1.54) is 0 Å². The summed E-state index contributed by atoms with van der Waals surface area (Å²) < 4.78 is 4.40. The number of aromatic nitrogens is 4. The molecule has 0 amide bonds. The quantitative estimate of drug-likeness (QED) is 0.523. The molecule has 0 fully saturated rings. The van der Waals surface area contributed by atoms with Gasteiger partial charge in [-0.15, -0.1) is 0 Å². The minimum Gasteiger partial charge on any atom is -0.256 e. The van der Waals surface area contributed by atoms with Crippen LogP contribution < -0.4 is 9.13 Å². The van der Waals surface area contributed by atoms with Crippen LogP contribution in [0.1, 0.15) is 0 Å². The summed E-state index contributed by atoms with van der Waals surface area (Å²) in [5.74, 6) is 0. The largest absolute Gasteiger partial charge is 0.256 e. The van der Waals surface area contributed by atoms with Crippen molar-refractivity contribution < 1.29 is 9.13 Å². The molecule has 4 aromatic heterocycles. The zero-order valence-electron chi connectivity index (χ0n) is 14.4. The second kappa shape index (κ2) is 7.66. The Morgan fingerprint density at radius 3 is 1.50 bits per heavy atom. The molecule has 4 rings (SSSR count). The smallest absolute Gasteiger partial charge is 0.206 e. The first kappa shape index (κ1) is 16.1. The fourth-order valence-corrected chi connectivity index (χ4v) is 2.92. The molecule has 0 N–H and O–H groups in total. The van der Waals surface area contributed by atoms with Gasteiger partial charge >= 0.3 is 0 Å². The Hall–Kier alpha value is -3.40. The number of hydrogen-bond donors (Lipinski definition) is 0. The molecule has 0 atom stereocenters. The van der Waals surface area contributed by atoms with E-state index in [2.05, 4.69) is 68.2 Å². The number of rotatable bonds is 5. The second-order valence-electron chi connectivity index (χ2n) is 6.09. The molecule has 4 heteroatoms. The van der Waals surface area contributed by atoms with Crippen LogP contribution in [0.2, 0.25) is 0 Å². The topological polar surface area (TPSA) is 33.5 Å². The van der Waals surface area contributed by atoms with E-state index in [0.29, 0.717) is 0 Å². The Morgan fingerprint density at radius 2 is 1.08 bits per heavy atom. The molecule has 0 saturated carbocycles. The van der Waals surface area contributed by atoms with Crippen molar-refractivity contribution in [1.82, 2.24) is 9.97 Å². The minimum atomic E-state index is 0.886. The zero-order chi connectivity index (χ0) is 17.6. The second-order valence-corrected chi connectivity index (χ2v) is 6.09. The molecule has 26 heavy (non-hydrogen) atoms. The summed E-state index contributed by atoms with van der Waals surface area (Å²) in [7, 11) is 0. The summed E-state index contributed by atoms with van der Waals surface area (Å²) in [6, 6.07) is 20.3. The lowest BCUT2D eigenvalue weighted by molar-refractivity contribution is -0.778. The van der Waals surface area contributed by atoms with Crippen molar-refractivity contribution >= 4 is 0 Å². The standard InChI is InChI=1S/C22H20N4/c1-3-11-23-21(9-1)19-7-5-13-25(17-19)15-16-26-14-6-8-20(18-26)22-10-2-4-12-24-22/h1-14,17-18H,15-16H2/q+2. The summed E-state index contributed by atoms with van der Waals surface area (Å²) in [5.41, 5.74) is 4.24. The SMILES string of the molecule is c1ccc(-c2ccc[n+](CC[n+]3cccc(-c4ccccn4)c3)c2)nc1. The molecule has 0 aliphatic rings. The molecule has 4 aromatic rings. The highest BCUT2D eigenvalue weighted by Crippen LogP contribution is 2.14. The van der Waals surface area contributed by atoms with E-state index in [-0.39, 0.29) is 0 Å². The molecule has 0 radical (unpaired) electrons. The average molecular weight is 340 g/mol. The van der Waals surface area contributed by atoms with E-state index in [1.54, 1.807) is 0 Å². The molecule has 126 valence electrons. The van der Waals surface area contributed by atoms with Gasteiger partial charge in [0.1, 0.15) is 0 Å². The third-order valence-corrected chi connectivity index (χ3v) is 4.25. The van der Waals surface area contributed by atoms with E-state index in [4.69, 9.17) is 0 Å². The lowest BCUT2D eigenvalue weighted by atomic mass is 10.2. The molecule has 4 nitrogen and oxygen atoms in total. The molecule has 0 aliphatic heterocycles. The van der Waals surface area contributed by atoms with Gasteiger partial charge < -0.3 is 0 Å². The molecule has 0 saturated heterocycles. The van der Waals surface area contributed by atoms with E-state index in [9.17, 15) is 0 Å². The molecule has 0 aliphatic carbocycles.